The van der Waals surface area contributed by atoms with Crippen LogP contribution < -0.4 is 10.6 Å². The van der Waals surface area contributed by atoms with Crippen LogP contribution in [-0.4, -0.2) is 45.9 Å². The molecule has 0 radical (unpaired) electrons. The number of unbranched alkanes of at least 4 members (excludes halogenated alkanes) is 2. The third-order valence-corrected chi connectivity index (χ3v) is 4.52. The lowest BCUT2D eigenvalue weighted by atomic mass is 10.3. The number of hydrogen-bond donors (Lipinski definition) is 2. The summed E-state index contributed by atoms with van der Waals surface area (Å²) in [4.78, 5) is 0. The van der Waals surface area contributed by atoms with Crippen LogP contribution in [0.5, 0.6) is 0 Å². The van der Waals surface area contributed by atoms with Crippen molar-refractivity contribution in [3.63, 3.8) is 0 Å². The first kappa shape index (κ1) is 18.4. The summed E-state index contributed by atoms with van der Waals surface area (Å²) < 4.78 is 11.7. The average molecular weight is 311 g/mol. The molecule has 0 spiro atoms. The Balaban J connectivity index is 3.20. The zero-order valence-corrected chi connectivity index (χ0v) is 13.9. The molecule has 0 aliphatic heterocycles. The fourth-order valence-electron chi connectivity index (χ4n) is 1.31. The van der Waals surface area contributed by atoms with E-state index < -0.39 is 10.8 Å². The van der Waals surface area contributed by atoms with Gasteiger partial charge in [-0.1, -0.05) is 37.3 Å². The second-order valence-electron chi connectivity index (χ2n) is 4.15. The van der Waals surface area contributed by atoms with Crippen LogP contribution in [0.2, 0.25) is 0 Å². The van der Waals surface area contributed by atoms with Crippen molar-refractivity contribution in [2.45, 2.75) is 32.6 Å². The second-order valence-corrected chi connectivity index (χ2v) is 7.48. The zero-order valence-electron chi connectivity index (χ0n) is 11.5. The van der Waals surface area contributed by atoms with Crippen LogP contribution >= 0.6 is 24.0 Å². The summed E-state index contributed by atoms with van der Waals surface area (Å²) in [6.07, 6.45) is 6.27. The second kappa shape index (κ2) is 13.8. The van der Waals surface area contributed by atoms with E-state index in [0.717, 1.165) is 48.3 Å². The Morgan fingerprint density at radius 1 is 1.22 bits per heavy atom. The molecule has 1 unspecified atom stereocenters. The minimum Gasteiger partial charge on any atom is -0.371 e. The number of thioether (sulfide) groups is 1. The molecule has 0 amide bonds. The number of hydrogen-bond acceptors (Lipinski definition) is 4. The lowest BCUT2D eigenvalue weighted by molar-refractivity contribution is 0.666. The minimum absolute atomic E-state index is 0.663. The molecule has 2 N–H and O–H groups in total. The SMILES string of the molecule is CCCCNCCSC(=S)NCCCCS(C)=O. The van der Waals surface area contributed by atoms with Crippen molar-refractivity contribution in [2.75, 3.05) is 37.4 Å². The standard InChI is InChI=1S/C12H26N2OS3/c1-3-4-7-13-9-10-17-12(16)14-8-5-6-11-18(2)15/h13H,3-11H2,1-2H3,(H,14,16). The zero-order chi connectivity index (χ0) is 13.6. The van der Waals surface area contributed by atoms with Crippen molar-refractivity contribution in [3.05, 3.63) is 0 Å². The lowest BCUT2D eigenvalue weighted by Gasteiger charge is -2.07. The molecule has 0 aromatic carbocycles. The van der Waals surface area contributed by atoms with Gasteiger partial charge in [-0.05, 0) is 25.8 Å². The molecule has 3 nitrogen and oxygen atoms in total. The van der Waals surface area contributed by atoms with Crippen molar-refractivity contribution in [3.8, 4) is 0 Å². The largest absolute Gasteiger partial charge is 0.371 e. The summed E-state index contributed by atoms with van der Waals surface area (Å²) in [6, 6.07) is 0. The summed E-state index contributed by atoms with van der Waals surface area (Å²) >= 11 is 6.92. The summed E-state index contributed by atoms with van der Waals surface area (Å²) in [6.45, 7) is 5.21. The van der Waals surface area contributed by atoms with E-state index in [1.54, 1.807) is 18.0 Å². The van der Waals surface area contributed by atoms with Crippen molar-refractivity contribution in [2.24, 2.45) is 0 Å². The predicted octanol–water partition coefficient (Wildman–Crippen LogP) is 2.14. The maximum absolute atomic E-state index is 10.8. The highest BCUT2D eigenvalue weighted by atomic mass is 32.2. The van der Waals surface area contributed by atoms with Crippen molar-refractivity contribution in [1.29, 1.82) is 0 Å². The van der Waals surface area contributed by atoms with Gasteiger partial charge in [0.25, 0.3) is 0 Å². The molecule has 0 saturated carbocycles. The van der Waals surface area contributed by atoms with Gasteiger partial charge in [-0.15, -0.1) is 0 Å². The van der Waals surface area contributed by atoms with E-state index in [1.807, 2.05) is 0 Å². The van der Waals surface area contributed by atoms with Gasteiger partial charge >= 0.3 is 0 Å². The number of rotatable bonds is 11. The highest BCUT2D eigenvalue weighted by molar-refractivity contribution is 8.22. The molecule has 0 aliphatic rings. The quantitative estimate of drug-likeness (QED) is 0.452. The van der Waals surface area contributed by atoms with Gasteiger partial charge in [0.15, 0.2) is 0 Å². The van der Waals surface area contributed by atoms with Crippen molar-refractivity contribution >= 4 is 39.1 Å². The monoisotopic (exact) mass is 310 g/mol. The number of nitrogens with one attached hydrogen (secondary N) is 2. The molecule has 108 valence electrons. The first-order valence-corrected chi connectivity index (χ1v) is 9.70. The molecular formula is C12H26N2OS3. The van der Waals surface area contributed by atoms with E-state index >= 15 is 0 Å². The fourth-order valence-corrected chi connectivity index (χ4v) is 2.91. The van der Waals surface area contributed by atoms with Gasteiger partial charge in [-0.2, -0.15) is 0 Å². The molecule has 0 saturated heterocycles. The Kier molecular flexibility index (Phi) is 14.0. The third kappa shape index (κ3) is 14.4. The maximum Gasteiger partial charge on any atom is 0.133 e. The van der Waals surface area contributed by atoms with E-state index in [-0.39, 0.29) is 0 Å². The lowest BCUT2D eigenvalue weighted by Crippen LogP contribution is -2.23. The molecule has 6 heteroatoms. The molecule has 18 heavy (non-hydrogen) atoms. The first-order chi connectivity index (χ1) is 8.66. The molecule has 0 rings (SSSR count). The van der Waals surface area contributed by atoms with Crippen LogP contribution in [0.25, 0.3) is 0 Å². The van der Waals surface area contributed by atoms with Gasteiger partial charge in [0.1, 0.15) is 4.32 Å². The minimum atomic E-state index is -0.663. The molecule has 0 fully saturated rings. The van der Waals surface area contributed by atoms with E-state index in [2.05, 4.69) is 17.6 Å². The molecule has 0 bridgehead atoms. The molecule has 0 heterocycles. The maximum atomic E-state index is 10.8. The summed E-state index contributed by atoms with van der Waals surface area (Å²) in [7, 11) is -0.663. The number of thiocarbonyl (C=S) groups is 1. The first-order valence-electron chi connectivity index (χ1n) is 6.58. The van der Waals surface area contributed by atoms with Crippen LogP contribution in [0.3, 0.4) is 0 Å². The molecular weight excluding hydrogens is 284 g/mol. The summed E-state index contributed by atoms with van der Waals surface area (Å²) in [5.41, 5.74) is 0. The van der Waals surface area contributed by atoms with Gasteiger partial charge < -0.3 is 10.6 Å². The highest BCUT2D eigenvalue weighted by Gasteiger charge is 1.97. The fraction of sp³-hybridized carbons (Fsp3) is 0.917. The summed E-state index contributed by atoms with van der Waals surface area (Å²) in [5, 5.41) is 6.61. The van der Waals surface area contributed by atoms with E-state index in [9.17, 15) is 4.21 Å². The van der Waals surface area contributed by atoms with Crippen LogP contribution in [0, 0.1) is 0 Å². The molecule has 0 aromatic heterocycles. The molecule has 0 aromatic rings. The predicted molar refractivity (Wildman–Crippen MR) is 89.0 cm³/mol. The normalized spacial score (nSPS) is 12.3. The van der Waals surface area contributed by atoms with Crippen LogP contribution in [0.1, 0.15) is 32.6 Å². The Hall–Kier alpha value is 0.350. The molecule has 1 atom stereocenters. The van der Waals surface area contributed by atoms with E-state index in [4.69, 9.17) is 12.2 Å². The van der Waals surface area contributed by atoms with Gasteiger partial charge in [-0.25, -0.2) is 0 Å². The van der Waals surface area contributed by atoms with Crippen molar-refractivity contribution in [1.82, 2.24) is 10.6 Å². The highest BCUT2D eigenvalue weighted by Crippen LogP contribution is 2.01. The van der Waals surface area contributed by atoms with E-state index in [1.165, 1.54) is 12.8 Å². The van der Waals surface area contributed by atoms with Gasteiger partial charge in [-0.3, -0.25) is 4.21 Å². The topological polar surface area (TPSA) is 41.1 Å². The smallest absolute Gasteiger partial charge is 0.133 e. The van der Waals surface area contributed by atoms with Gasteiger partial charge in [0, 0.05) is 41.7 Å². The average Bonchev–Trinajstić information content (AvgIpc) is 2.33. The summed E-state index contributed by atoms with van der Waals surface area (Å²) in [5.74, 6) is 1.82. The third-order valence-electron chi connectivity index (χ3n) is 2.35. The molecule has 0 aliphatic carbocycles. The Labute approximate surface area is 124 Å². The Morgan fingerprint density at radius 3 is 2.67 bits per heavy atom. The van der Waals surface area contributed by atoms with Crippen molar-refractivity contribution < 1.29 is 4.21 Å². The van der Waals surface area contributed by atoms with Gasteiger partial charge in [0.05, 0.1) is 0 Å². The Bertz CT molecular complexity index is 237. The van der Waals surface area contributed by atoms with Crippen LogP contribution in [0.15, 0.2) is 0 Å². The Morgan fingerprint density at radius 2 is 2.00 bits per heavy atom. The van der Waals surface area contributed by atoms with Crippen LogP contribution in [-0.2, 0) is 10.8 Å². The van der Waals surface area contributed by atoms with Gasteiger partial charge in [0.2, 0.25) is 0 Å². The van der Waals surface area contributed by atoms with E-state index in [0.29, 0.717) is 0 Å². The van der Waals surface area contributed by atoms with Crippen LogP contribution in [0.4, 0.5) is 0 Å².